The molecule has 0 spiro atoms. The highest BCUT2D eigenvalue weighted by molar-refractivity contribution is 5.76. The van der Waals surface area contributed by atoms with E-state index in [1.54, 1.807) is 7.11 Å². The number of benzene rings is 1. The molecule has 0 radical (unpaired) electrons. The molecule has 1 aromatic carbocycles. The van der Waals surface area contributed by atoms with E-state index in [9.17, 15) is 4.79 Å². The number of carbonyl (C=O) groups excluding carboxylic acids is 1. The molecule has 0 aliphatic rings. The predicted octanol–water partition coefficient (Wildman–Crippen LogP) is 2.33. The van der Waals surface area contributed by atoms with E-state index in [0.717, 1.165) is 17.7 Å². The standard InChI is InChI=1S/C15H24N2O2/c1-11(10-15(2,3)19-4)17-13-7-5-12(6-8-13)9-14(16)18/h5-8,11,17H,9-10H2,1-4H3,(H2,16,18). The summed E-state index contributed by atoms with van der Waals surface area (Å²) in [5.74, 6) is -0.309. The first-order valence-corrected chi connectivity index (χ1v) is 6.51. The fraction of sp³-hybridized carbons (Fsp3) is 0.533. The molecule has 0 saturated heterocycles. The smallest absolute Gasteiger partial charge is 0.221 e. The average Bonchev–Trinajstić information content (AvgIpc) is 2.30. The van der Waals surface area contributed by atoms with E-state index in [2.05, 4.69) is 26.1 Å². The molecule has 0 heterocycles. The molecule has 0 bridgehead atoms. The molecule has 1 rings (SSSR count). The van der Waals surface area contributed by atoms with Crippen LogP contribution in [-0.2, 0) is 16.0 Å². The minimum atomic E-state index is -0.309. The Balaban J connectivity index is 2.55. The van der Waals surface area contributed by atoms with Crippen LogP contribution < -0.4 is 11.1 Å². The number of methoxy groups -OCH3 is 1. The van der Waals surface area contributed by atoms with E-state index in [-0.39, 0.29) is 17.9 Å². The Labute approximate surface area is 115 Å². The maximum Gasteiger partial charge on any atom is 0.221 e. The van der Waals surface area contributed by atoms with Crippen molar-refractivity contribution in [3.63, 3.8) is 0 Å². The lowest BCUT2D eigenvalue weighted by molar-refractivity contribution is -0.117. The zero-order chi connectivity index (χ0) is 14.5. The summed E-state index contributed by atoms with van der Waals surface area (Å²) < 4.78 is 5.42. The number of nitrogens with one attached hydrogen (secondary N) is 1. The van der Waals surface area contributed by atoms with E-state index in [0.29, 0.717) is 6.04 Å². The lowest BCUT2D eigenvalue weighted by Gasteiger charge is -2.27. The van der Waals surface area contributed by atoms with Crippen LogP contribution in [0, 0.1) is 0 Å². The number of carbonyl (C=O) groups is 1. The van der Waals surface area contributed by atoms with Crippen molar-refractivity contribution in [1.29, 1.82) is 0 Å². The number of ether oxygens (including phenoxy) is 1. The van der Waals surface area contributed by atoms with Crippen molar-refractivity contribution in [3.8, 4) is 0 Å². The van der Waals surface area contributed by atoms with Gasteiger partial charge in [-0.2, -0.15) is 0 Å². The normalized spacial score (nSPS) is 13.1. The van der Waals surface area contributed by atoms with Crippen molar-refractivity contribution in [2.75, 3.05) is 12.4 Å². The number of anilines is 1. The minimum Gasteiger partial charge on any atom is -0.382 e. The minimum absolute atomic E-state index is 0.141. The maximum atomic E-state index is 10.8. The molecule has 0 aromatic heterocycles. The van der Waals surface area contributed by atoms with Crippen LogP contribution in [0.25, 0.3) is 0 Å². The van der Waals surface area contributed by atoms with Gasteiger partial charge in [0, 0.05) is 18.8 Å². The van der Waals surface area contributed by atoms with Gasteiger partial charge in [-0.15, -0.1) is 0 Å². The first-order valence-electron chi connectivity index (χ1n) is 6.51. The number of amides is 1. The van der Waals surface area contributed by atoms with Crippen molar-refractivity contribution in [2.24, 2.45) is 5.73 Å². The van der Waals surface area contributed by atoms with Gasteiger partial charge in [0.15, 0.2) is 0 Å². The Kier molecular flexibility index (Phi) is 5.36. The fourth-order valence-electron chi connectivity index (χ4n) is 2.08. The van der Waals surface area contributed by atoms with Crippen LogP contribution in [0.4, 0.5) is 5.69 Å². The topological polar surface area (TPSA) is 64.3 Å². The first kappa shape index (κ1) is 15.5. The molecule has 0 aliphatic heterocycles. The number of rotatable bonds is 7. The molecular weight excluding hydrogens is 240 g/mol. The summed E-state index contributed by atoms with van der Waals surface area (Å²) in [7, 11) is 1.73. The van der Waals surface area contributed by atoms with Crippen molar-refractivity contribution < 1.29 is 9.53 Å². The highest BCUT2D eigenvalue weighted by Crippen LogP contribution is 2.19. The van der Waals surface area contributed by atoms with Crippen molar-refractivity contribution in [1.82, 2.24) is 0 Å². The van der Waals surface area contributed by atoms with Crippen molar-refractivity contribution in [2.45, 2.75) is 45.3 Å². The molecule has 0 fully saturated rings. The van der Waals surface area contributed by atoms with Gasteiger partial charge in [0.05, 0.1) is 12.0 Å². The van der Waals surface area contributed by atoms with E-state index >= 15 is 0 Å². The van der Waals surface area contributed by atoms with Gasteiger partial charge in [0.1, 0.15) is 0 Å². The van der Waals surface area contributed by atoms with E-state index in [1.807, 2.05) is 24.3 Å². The molecule has 106 valence electrons. The van der Waals surface area contributed by atoms with Gasteiger partial charge in [-0.3, -0.25) is 4.79 Å². The molecule has 3 N–H and O–H groups in total. The first-order chi connectivity index (χ1) is 8.82. The summed E-state index contributed by atoms with van der Waals surface area (Å²) in [5.41, 5.74) is 6.99. The van der Waals surface area contributed by atoms with Crippen LogP contribution in [0.3, 0.4) is 0 Å². The summed E-state index contributed by atoms with van der Waals surface area (Å²) in [4.78, 5) is 10.8. The molecule has 4 heteroatoms. The Morgan fingerprint density at radius 1 is 1.37 bits per heavy atom. The van der Waals surface area contributed by atoms with E-state index < -0.39 is 0 Å². The Bertz CT molecular complexity index is 413. The van der Waals surface area contributed by atoms with Crippen LogP contribution in [-0.4, -0.2) is 24.7 Å². The second-order valence-corrected chi connectivity index (χ2v) is 5.55. The van der Waals surface area contributed by atoms with Gasteiger partial charge in [0.25, 0.3) is 0 Å². The molecule has 1 amide bonds. The molecule has 0 aliphatic carbocycles. The van der Waals surface area contributed by atoms with Gasteiger partial charge in [-0.1, -0.05) is 12.1 Å². The SMILES string of the molecule is COC(C)(C)CC(C)Nc1ccc(CC(N)=O)cc1. The number of nitrogens with two attached hydrogens (primary N) is 1. The fourth-order valence-corrected chi connectivity index (χ4v) is 2.08. The monoisotopic (exact) mass is 264 g/mol. The van der Waals surface area contributed by atoms with E-state index in [1.165, 1.54) is 0 Å². The van der Waals surface area contributed by atoms with Crippen LogP contribution in [0.1, 0.15) is 32.8 Å². The number of hydrogen-bond acceptors (Lipinski definition) is 3. The predicted molar refractivity (Wildman–Crippen MR) is 78.1 cm³/mol. The highest BCUT2D eigenvalue weighted by atomic mass is 16.5. The van der Waals surface area contributed by atoms with Crippen LogP contribution in [0.15, 0.2) is 24.3 Å². The number of hydrogen-bond donors (Lipinski definition) is 2. The summed E-state index contributed by atoms with van der Waals surface area (Å²) in [6.45, 7) is 6.26. The third kappa shape index (κ3) is 5.75. The lowest BCUT2D eigenvalue weighted by Crippen LogP contribution is -2.31. The van der Waals surface area contributed by atoms with Crippen molar-refractivity contribution >= 4 is 11.6 Å². The van der Waals surface area contributed by atoms with Gasteiger partial charge < -0.3 is 15.8 Å². The third-order valence-electron chi connectivity index (χ3n) is 3.10. The molecular formula is C15H24N2O2. The van der Waals surface area contributed by atoms with E-state index in [4.69, 9.17) is 10.5 Å². The Morgan fingerprint density at radius 2 is 1.95 bits per heavy atom. The van der Waals surface area contributed by atoms with Gasteiger partial charge in [-0.25, -0.2) is 0 Å². The van der Waals surface area contributed by atoms with Crippen LogP contribution >= 0.6 is 0 Å². The molecule has 1 aromatic rings. The second-order valence-electron chi connectivity index (χ2n) is 5.55. The molecule has 0 saturated carbocycles. The van der Waals surface area contributed by atoms with Gasteiger partial charge in [0.2, 0.25) is 5.91 Å². The maximum absolute atomic E-state index is 10.8. The summed E-state index contributed by atoms with van der Waals surface area (Å²) in [6, 6.07) is 8.07. The Hall–Kier alpha value is -1.55. The zero-order valence-electron chi connectivity index (χ0n) is 12.2. The van der Waals surface area contributed by atoms with Gasteiger partial charge in [-0.05, 0) is 44.9 Å². The van der Waals surface area contributed by atoms with Crippen molar-refractivity contribution in [3.05, 3.63) is 29.8 Å². The highest BCUT2D eigenvalue weighted by Gasteiger charge is 2.19. The van der Waals surface area contributed by atoms with Crippen LogP contribution in [0.5, 0.6) is 0 Å². The molecule has 4 nitrogen and oxygen atoms in total. The quantitative estimate of drug-likeness (QED) is 0.794. The molecule has 1 atom stereocenters. The molecule has 19 heavy (non-hydrogen) atoms. The zero-order valence-corrected chi connectivity index (χ0v) is 12.2. The van der Waals surface area contributed by atoms with Crippen LogP contribution in [0.2, 0.25) is 0 Å². The summed E-state index contributed by atoms with van der Waals surface area (Å²) in [5, 5.41) is 3.42. The molecule has 1 unspecified atom stereocenters. The lowest BCUT2D eigenvalue weighted by atomic mass is 9.99. The average molecular weight is 264 g/mol. The number of primary amides is 1. The third-order valence-corrected chi connectivity index (χ3v) is 3.10. The van der Waals surface area contributed by atoms with Gasteiger partial charge >= 0.3 is 0 Å². The second kappa shape index (κ2) is 6.57. The largest absolute Gasteiger partial charge is 0.382 e. The summed E-state index contributed by atoms with van der Waals surface area (Å²) in [6.07, 6.45) is 1.19. The Morgan fingerprint density at radius 3 is 2.42 bits per heavy atom. The summed E-state index contributed by atoms with van der Waals surface area (Å²) >= 11 is 0.